The van der Waals surface area contributed by atoms with Crippen LogP contribution in [0.25, 0.3) is 0 Å². The van der Waals surface area contributed by atoms with Gasteiger partial charge in [0.05, 0.1) is 11.7 Å². The predicted molar refractivity (Wildman–Crippen MR) is 47.2 cm³/mol. The number of aryl methyl sites for hydroxylation is 1. The van der Waals surface area contributed by atoms with Gasteiger partial charge in [-0.2, -0.15) is 0 Å². The van der Waals surface area contributed by atoms with E-state index in [1.165, 1.54) is 6.20 Å². The summed E-state index contributed by atoms with van der Waals surface area (Å²) in [7, 11) is 0. The molecule has 1 aromatic heterocycles. The molecule has 0 radical (unpaired) electrons. The van der Waals surface area contributed by atoms with Crippen molar-refractivity contribution >= 4 is 5.97 Å². The smallest absolute Gasteiger partial charge is 0.543 e. The molecule has 4 heteroatoms. The zero-order valence-corrected chi connectivity index (χ0v) is 10.6. The van der Waals surface area contributed by atoms with E-state index in [0.717, 1.165) is 24.8 Å². The third-order valence-corrected chi connectivity index (χ3v) is 1.88. The molecule has 0 aliphatic rings. The van der Waals surface area contributed by atoms with Crippen LogP contribution < -0.4 is 34.7 Å². The van der Waals surface area contributed by atoms with Crippen LogP contribution in [0.1, 0.15) is 35.8 Å². The van der Waals surface area contributed by atoms with Gasteiger partial charge in [-0.05, 0) is 24.5 Å². The van der Waals surface area contributed by atoms with Gasteiger partial charge in [-0.15, -0.1) is 0 Å². The van der Waals surface area contributed by atoms with Crippen molar-refractivity contribution < 1.29 is 39.5 Å². The summed E-state index contributed by atoms with van der Waals surface area (Å²) in [5, 5.41) is 10.6. The van der Waals surface area contributed by atoms with Crippen molar-refractivity contribution in [3.63, 3.8) is 0 Å². The number of unbranched alkanes of at least 4 members (excludes halogenated alkanes) is 1. The van der Waals surface area contributed by atoms with E-state index in [2.05, 4.69) is 11.9 Å². The quantitative estimate of drug-likeness (QED) is 0.519. The van der Waals surface area contributed by atoms with Crippen LogP contribution in [0.2, 0.25) is 0 Å². The van der Waals surface area contributed by atoms with E-state index in [-0.39, 0.29) is 35.3 Å². The molecule has 1 aromatic rings. The molecular weight excluding hydrogens is 189 g/mol. The largest absolute Gasteiger partial charge is 1.00 e. The maximum atomic E-state index is 10.6. The second kappa shape index (κ2) is 6.98. The maximum Gasteiger partial charge on any atom is 1.00 e. The van der Waals surface area contributed by atoms with Crippen LogP contribution in [0.15, 0.2) is 18.3 Å². The first-order chi connectivity index (χ1) is 6.25. The van der Waals surface area contributed by atoms with Crippen LogP contribution in [-0.2, 0) is 6.42 Å². The van der Waals surface area contributed by atoms with Crippen molar-refractivity contribution in [2.45, 2.75) is 26.2 Å². The number of hydrogen-bond donors (Lipinski definition) is 0. The molecule has 0 unspecified atom stereocenters. The van der Waals surface area contributed by atoms with E-state index in [0.29, 0.717) is 0 Å². The monoisotopic (exact) mass is 201 g/mol. The number of carboxylic acid groups (broad SMARTS) is 1. The van der Waals surface area contributed by atoms with Crippen molar-refractivity contribution in [1.29, 1.82) is 0 Å². The van der Waals surface area contributed by atoms with Gasteiger partial charge in [-0.1, -0.05) is 19.4 Å². The number of aromatic nitrogens is 1. The molecule has 0 saturated carbocycles. The van der Waals surface area contributed by atoms with Crippen LogP contribution >= 0.6 is 0 Å². The van der Waals surface area contributed by atoms with Crippen LogP contribution in [-0.4, -0.2) is 11.0 Å². The third-order valence-electron chi connectivity index (χ3n) is 1.88. The molecular formula is C10H12NNaO2. The summed E-state index contributed by atoms with van der Waals surface area (Å²) in [4.78, 5) is 14.4. The number of aromatic carboxylic acids is 1. The van der Waals surface area contributed by atoms with E-state index in [1.54, 1.807) is 12.1 Å². The summed E-state index contributed by atoms with van der Waals surface area (Å²) in [6, 6.07) is 3.53. The molecule has 14 heavy (non-hydrogen) atoms. The summed E-state index contributed by atoms with van der Waals surface area (Å²) in [6.07, 6.45) is 4.25. The minimum atomic E-state index is -1.19. The first-order valence-corrected chi connectivity index (χ1v) is 4.41. The second-order valence-electron chi connectivity index (χ2n) is 2.90. The molecule has 0 spiro atoms. The van der Waals surface area contributed by atoms with Gasteiger partial charge in [-0.25, -0.2) is 0 Å². The number of carbonyl (C=O) groups is 1. The van der Waals surface area contributed by atoms with Crippen LogP contribution in [0, 0.1) is 0 Å². The summed E-state index contributed by atoms with van der Waals surface area (Å²) >= 11 is 0. The summed E-state index contributed by atoms with van der Waals surface area (Å²) in [5.74, 6) is -1.19. The van der Waals surface area contributed by atoms with Crippen LogP contribution in [0.5, 0.6) is 0 Å². The molecule has 0 amide bonds. The standard InChI is InChI=1S/C10H13NO2.Na/c1-2-3-5-8-6-4-7-11-9(8)10(12)13;/h4,6-7H,2-3,5H2,1H3,(H,12,13);/q;+1/p-1. The van der Waals surface area contributed by atoms with Crippen molar-refractivity contribution in [2.24, 2.45) is 0 Å². The van der Waals surface area contributed by atoms with Crippen molar-refractivity contribution in [2.75, 3.05) is 0 Å². The predicted octanol–water partition coefficient (Wildman–Crippen LogP) is -2.21. The Labute approximate surface area is 106 Å². The van der Waals surface area contributed by atoms with E-state index in [4.69, 9.17) is 0 Å². The molecule has 0 fully saturated rings. The average Bonchev–Trinajstić information content (AvgIpc) is 2.15. The molecule has 0 saturated heterocycles. The molecule has 0 aliphatic heterocycles. The summed E-state index contributed by atoms with van der Waals surface area (Å²) in [6.45, 7) is 2.06. The Morgan fingerprint density at radius 2 is 2.29 bits per heavy atom. The zero-order chi connectivity index (χ0) is 9.68. The topological polar surface area (TPSA) is 53.0 Å². The average molecular weight is 201 g/mol. The maximum absolute atomic E-state index is 10.6. The van der Waals surface area contributed by atoms with Gasteiger partial charge in [0, 0.05) is 6.20 Å². The molecule has 0 N–H and O–H groups in total. The Balaban J connectivity index is 0.00000169. The third kappa shape index (κ3) is 3.78. The SMILES string of the molecule is CCCCc1cccnc1C(=O)[O-].[Na+]. The molecule has 1 rings (SSSR count). The van der Waals surface area contributed by atoms with Gasteiger partial charge >= 0.3 is 29.6 Å². The van der Waals surface area contributed by atoms with Crippen molar-refractivity contribution in [3.8, 4) is 0 Å². The molecule has 70 valence electrons. The van der Waals surface area contributed by atoms with Crippen molar-refractivity contribution in [1.82, 2.24) is 4.98 Å². The van der Waals surface area contributed by atoms with Crippen LogP contribution in [0.4, 0.5) is 0 Å². The number of rotatable bonds is 4. The minimum absolute atomic E-state index is 0. The zero-order valence-electron chi connectivity index (χ0n) is 8.62. The molecule has 3 nitrogen and oxygen atoms in total. The Morgan fingerprint density at radius 3 is 2.86 bits per heavy atom. The Morgan fingerprint density at radius 1 is 1.57 bits per heavy atom. The van der Waals surface area contributed by atoms with Gasteiger partial charge in [0.1, 0.15) is 0 Å². The number of carbonyl (C=O) groups excluding carboxylic acids is 1. The van der Waals surface area contributed by atoms with E-state index in [1.807, 2.05) is 0 Å². The molecule has 0 bridgehead atoms. The van der Waals surface area contributed by atoms with E-state index in [9.17, 15) is 9.90 Å². The normalized spacial score (nSPS) is 9.21. The molecule has 0 atom stereocenters. The Bertz CT molecular complexity index is 302. The van der Waals surface area contributed by atoms with Gasteiger partial charge in [0.2, 0.25) is 0 Å². The first kappa shape index (κ1) is 13.6. The first-order valence-electron chi connectivity index (χ1n) is 4.41. The Kier molecular flexibility index (Phi) is 6.79. The van der Waals surface area contributed by atoms with Gasteiger partial charge in [-0.3, -0.25) is 4.98 Å². The number of nitrogens with zero attached hydrogens (tertiary/aromatic N) is 1. The molecule has 0 aliphatic carbocycles. The summed E-state index contributed by atoms with van der Waals surface area (Å²) < 4.78 is 0. The van der Waals surface area contributed by atoms with Gasteiger partial charge in [0.15, 0.2) is 0 Å². The minimum Gasteiger partial charge on any atom is -0.543 e. The van der Waals surface area contributed by atoms with Crippen LogP contribution in [0.3, 0.4) is 0 Å². The van der Waals surface area contributed by atoms with E-state index >= 15 is 0 Å². The van der Waals surface area contributed by atoms with Gasteiger partial charge in [0.25, 0.3) is 0 Å². The van der Waals surface area contributed by atoms with Crippen molar-refractivity contribution in [3.05, 3.63) is 29.6 Å². The number of hydrogen-bond acceptors (Lipinski definition) is 3. The summed E-state index contributed by atoms with van der Waals surface area (Å²) in [5.41, 5.74) is 0.848. The van der Waals surface area contributed by atoms with Gasteiger partial charge < -0.3 is 9.90 Å². The Hall–Kier alpha value is -0.380. The number of carboxylic acids is 1. The van der Waals surface area contributed by atoms with E-state index < -0.39 is 5.97 Å². The number of pyridine rings is 1. The molecule has 0 aromatic carbocycles. The second-order valence-corrected chi connectivity index (χ2v) is 2.90. The fraction of sp³-hybridized carbons (Fsp3) is 0.400. The fourth-order valence-electron chi connectivity index (χ4n) is 1.19. The molecule has 1 heterocycles. The fourth-order valence-corrected chi connectivity index (χ4v) is 1.19.